The van der Waals surface area contributed by atoms with Gasteiger partial charge >= 0.3 is 0 Å². The van der Waals surface area contributed by atoms with Gasteiger partial charge < -0.3 is 0 Å². The fourth-order valence-corrected chi connectivity index (χ4v) is 2.51. The lowest BCUT2D eigenvalue weighted by molar-refractivity contribution is 1.09. The van der Waals surface area contributed by atoms with Gasteiger partial charge in [0.15, 0.2) is 0 Å². The summed E-state index contributed by atoms with van der Waals surface area (Å²) in [7, 11) is 0. The van der Waals surface area contributed by atoms with E-state index in [1.807, 2.05) is 18.5 Å². The summed E-state index contributed by atoms with van der Waals surface area (Å²) in [5.74, 6) is 0.817. The Bertz CT molecular complexity index is 506. The van der Waals surface area contributed by atoms with Crippen LogP contribution >= 0.6 is 47.8 Å². The molecule has 3 rings (SSSR count). The monoisotopic (exact) mass is 432 g/mol. The third-order valence-electron chi connectivity index (χ3n) is 2.54. The summed E-state index contributed by atoms with van der Waals surface area (Å²) in [6, 6.07) is 3.98. The Balaban J connectivity index is 0.000000138. The smallest absolute Gasteiger partial charge is 0.0500 e. The molecule has 94 valence electrons. The summed E-state index contributed by atoms with van der Waals surface area (Å²) in [5.41, 5.74) is 1.43. The number of halogens is 3. The zero-order valence-corrected chi connectivity index (χ0v) is 14.2. The van der Waals surface area contributed by atoms with Crippen LogP contribution in [0.5, 0.6) is 0 Å². The Kier molecular flexibility index (Phi) is 5.33. The highest BCUT2D eigenvalue weighted by Crippen LogP contribution is 2.42. The van der Waals surface area contributed by atoms with E-state index in [-0.39, 0.29) is 0 Å². The van der Waals surface area contributed by atoms with Crippen LogP contribution in [-0.2, 0) is 0 Å². The molecule has 1 aliphatic rings. The second kappa shape index (κ2) is 6.78. The average Bonchev–Trinajstić information content (AvgIpc) is 3.19. The van der Waals surface area contributed by atoms with Crippen LogP contribution < -0.4 is 0 Å². The second-order valence-electron chi connectivity index (χ2n) is 3.96. The van der Waals surface area contributed by atoms with Gasteiger partial charge in [0.05, 0.1) is 4.47 Å². The molecule has 0 aromatic carbocycles. The number of pyridine rings is 2. The van der Waals surface area contributed by atoms with Crippen LogP contribution in [0.4, 0.5) is 0 Å². The molecule has 18 heavy (non-hydrogen) atoms. The average molecular weight is 435 g/mol. The summed E-state index contributed by atoms with van der Waals surface area (Å²) >= 11 is 10.1. The predicted molar refractivity (Wildman–Crippen MR) is 83.5 cm³/mol. The Hall–Kier alpha value is -0.260. The molecule has 0 saturated heterocycles. The maximum atomic E-state index is 4.01. The van der Waals surface area contributed by atoms with Gasteiger partial charge in [0.1, 0.15) is 0 Å². The highest BCUT2D eigenvalue weighted by molar-refractivity contribution is 9.13. The highest BCUT2D eigenvalue weighted by Gasteiger charge is 2.24. The van der Waals surface area contributed by atoms with Crippen molar-refractivity contribution in [3.8, 4) is 0 Å². The van der Waals surface area contributed by atoms with Crippen LogP contribution in [0.3, 0.4) is 0 Å². The SMILES string of the molecule is Brc1ccncc1Br.Brc1cnccc1C1CC1. The molecule has 0 N–H and O–H groups in total. The summed E-state index contributed by atoms with van der Waals surface area (Å²) in [5, 5.41) is 0. The number of hydrogen-bond donors (Lipinski definition) is 0. The standard InChI is InChI=1S/C8H8BrN.C5H3Br2N/c9-8-5-10-4-3-7(8)6-1-2-6;6-4-1-2-8-3-5(4)7/h3-6H,1-2H2;1-3H. The number of hydrogen-bond acceptors (Lipinski definition) is 2. The number of rotatable bonds is 1. The van der Waals surface area contributed by atoms with Gasteiger partial charge in [-0.1, -0.05) is 0 Å². The van der Waals surface area contributed by atoms with Crippen LogP contribution in [0.15, 0.2) is 50.3 Å². The van der Waals surface area contributed by atoms with E-state index in [9.17, 15) is 0 Å². The topological polar surface area (TPSA) is 25.8 Å². The van der Waals surface area contributed by atoms with E-state index in [1.165, 1.54) is 18.4 Å². The minimum Gasteiger partial charge on any atom is -0.264 e. The van der Waals surface area contributed by atoms with Crippen molar-refractivity contribution < 1.29 is 0 Å². The van der Waals surface area contributed by atoms with Gasteiger partial charge in [-0.25, -0.2) is 0 Å². The first-order valence-corrected chi connectivity index (χ1v) is 7.91. The Labute approximate surface area is 132 Å². The first-order chi connectivity index (χ1) is 8.68. The predicted octanol–water partition coefficient (Wildman–Crippen LogP) is 5.33. The van der Waals surface area contributed by atoms with Gasteiger partial charge in [0.2, 0.25) is 0 Å². The highest BCUT2D eigenvalue weighted by atomic mass is 79.9. The lowest BCUT2D eigenvalue weighted by Gasteiger charge is -1.98. The van der Waals surface area contributed by atoms with Crippen molar-refractivity contribution in [1.82, 2.24) is 9.97 Å². The van der Waals surface area contributed by atoms with Gasteiger partial charge in [-0.05, 0) is 84.2 Å². The molecule has 1 fully saturated rings. The minimum atomic E-state index is 0.817. The van der Waals surface area contributed by atoms with Crippen LogP contribution in [0.25, 0.3) is 0 Å². The first kappa shape index (κ1) is 14.2. The Morgan fingerprint density at radius 2 is 1.44 bits per heavy atom. The maximum Gasteiger partial charge on any atom is 0.0500 e. The maximum absolute atomic E-state index is 4.01. The minimum absolute atomic E-state index is 0.817. The second-order valence-corrected chi connectivity index (χ2v) is 6.52. The molecule has 1 saturated carbocycles. The van der Waals surface area contributed by atoms with E-state index < -0.39 is 0 Å². The summed E-state index contributed by atoms with van der Waals surface area (Å²) in [6.45, 7) is 0. The normalized spacial score (nSPS) is 13.7. The largest absolute Gasteiger partial charge is 0.264 e. The lowest BCUT2D eigenvalue weighted by atomic mass is 10.2. The van der Waals surface area contributed by atoms with Gasteiger partial charge in [0.25, 0.3) is 0 Å². The van der Waals surface area contributed by atoms with Crippen LogP contribution in [0.1, 0.15) is 24.3 Å². The number of aromatic nitrogens is 2. The fraction of sp³-hybridized carbons (Fsp3) is 0.231. The van der Waals surface area contributed by atoms with E-state index in [4.69, 9.17) is 0 Å². The summed E-state index contributed by atoms with van der Waals surface area (Å²) in [6.07, 6.45) is 9.90. The van der Waals surface area contributed by atoms with Crippen molar-refractivity contribution in [3.05, 3.63) is 55.9 Å². The van der Waals surface area contributed by atoms with E-state index in [1.54, 1.807) is 12.4 Å². The van der Waals surface area contributed by atoms with Crippen molar-refractivity contribution in [2.75, 3.05) is 0 Å². The molecule has 2 aromatic rings. The molecule has 2 nitrogen and oxygen atoms in total. The van der Waals surface area contributed by atoms with E-state index >= 15 is 0 Å². The first-order valence-electron chi connectivity index (χ1n) is 5.53. The van der Waals surface area contributed by atoms with E-state index in [2.05, 4.69) is 63.8 Å². The van der Waals surface area contributed by atoms with Crippen LogP contribution in [0, 0.1) is 0 Å². The molecule has 0 unspecified atom stereocenters. The molecule has 0 atom stereocenters. The van der Waals surface area contributed by atoms with Crippen LogP contribution in [-0.4, -0.2) is 9.97 Å². The van der Waals surface area contributed by atoms with Gasteiger partial charge in [-0.15, -0.1) is 0 Å². The van der Waals surface area contributed by atoms with Gasteiger partial charge in [0, 0.05) is 33.7 Å². The molecular weight excluding hydrogens is 424 g/mol. The van der Waals surface area contributed by atoms with Crippen molar-refractivity contribution >= 4 is 47.8 Å². The molecule has 0 amide bonds. The zero-order valence-electron chi connectivity index (χ0n) is 9.48. The molecular formula is C13H11Br3N2. The molecule has 0 spiro atoms. The van der Waals surface area contributed by atoms with Gasteiger partial charge in [-0.3, -0.25) is 9.97 Å². The quantitative estimate of drug-likeness (QED) is 0.606. The molecule has 2 aromatic heterocycles. The number of nitrogens with zero attached hydrogens (tertiary/aromatic N) is 2. The summed E-state index contributed by atoms with van der Waals surface area (Å²) < 4.78 is 3.19. The fourth-order valence-electron chi connectivity index (χ4n) is 1.47. The molecule has 0 radical (unpaired) electrons. The van der Waals surface area contributed by atoms with Crippen molar-refractivity contribution in [1.29, 1.82) is 0 Å². The third-order valence-corrected chi connectivity index (χ3v) is 5.06. The molecule has 0 aliphatic heterocycles. The molecule has 5 heteroatoms. The lowest BCUT2D eigenvalue weighted by Crippen LogP contribution is -1.81. The Morgan fingerprint density at radius 1 is 0.833 bits per heavy atom. The van der Waals surface area contributed by atoms with Crippen molar-refractivity contribution in [2.45, 2.75) is 18.8 Å². The molecule has 0 bridgehead atoms. The Morgan fingerprint density at radius 3 is 1.89 bits per heavy atom. The van der Waals surface area contributed by atoms with E-state index in [0.717, 1.165) is 19.3 Å². The van der Waals surface area contributed by atoms with Crippen molar-refractivity contribution in [2.24, 2.45) is 0 Å². The van der Waals surface area contributed by atoms with Crippen molar-refractivity contribution in [3.63, 3.8) is 0 Å². The molecule has 1 aliphatic carbocycles. The van der Waals surface area contributed by atoms with Gasteiger partial charge in [-0.2, -0.15) is 0 Å². The molecule has 2 heterocycles. The summed E-state index contributed by atoms with van der Waals surface area (Å²) in [4.78, 5) is 7.88. The van der Waals surface area contributed by atoms with Crippen LogP contribution in [0.2, 0.25) is 0 Å². The zero-order chi connectivity index (χ0) is 13.0. The third kappa shape index (κ3) is 4.14. The van der Waals surface area contributed by atoms with E-state index in [0.29, 0.717) is 0 Å².